The van der Waals surface area contributed by atoms with Crippen LogP contribution in [0.5, 0.6) is 0 Å². The van der Waals surface area contributed by atoms with E-state index in [1.807, 2.05) is 61.5 Å². The molecule has 3 aromatic heterocycles. The minimum absolute atomic E-state index is 0.151. The second-order valence-electron chi connectivity index (χ2n) is 6.39. The summed E-state index contributed by atoms with van der Waals surface area (Å²) in [6.07, 6.45) is 3.49. The van der Waals surface area contributed by atoms with Gasteiger partial charge in [0, 0.05) is 12.4 Å². The van der Waals surface area contributed by atoms with Crippen LogP contribution in [0.25, 0.3) is 10.8 Å². The molecular formula is C21H19N5O. The number of fused-ring (bicyclic) bond motifs is 1. The normalized spacial score (nSPS) is 10.9. The molecule has 0 amide bonds. The second kappa shape index (κ2) is 6.92. The van der Waals surface area contributed by atoms with Crippen LogP contribution in [-0.4, -0.2) is 14.5 Å². The van der Waals surface area contributed by atoms with Crippen molar-refractivity contribution in [3.05, 3.63) is 88.5 Å². The topological polar surface area (TPSA) is 85.8 Å². The van der Waals surface area contributed by atoms with Gasteiger partial charge in [-0.25, -0.2) is 9.97 Å². The maximum absolute atomic E-state index is 12.9. The summed E-state index contributed by atoms with van der Waals surface area (Å²) >= 11 is 0. The van der Waals surface area contributed by atoms with Crippen molar-refractivity contribution in [1.29, 1.82) is 0 Å². The van der Waals surface area contributed by atoms with Crippen LogP contribution in [0.3, 0.4) is 0 Å². The van der Waals surface area contributed by atoms with Crippen LogP contribution in [0.2, 0.25) is 0 Å². The number of hydrogen-bond donors (Lipinski definition) is 2. The van der Waals surface area contributed by atoms with Gasteiger partial charge in [-0.05, 0) is 41.6 Å². The lowest BCUT2D eigenvalue weighted by molar-refractivity contribution is 0.768. The first-order chi connectivity index (χ1) is 13.1. The van der Waals surface area contributed by atoms with E-state index in [-0.39, 0.29) is 11.4 Å². The predicted molar refractivity (Wildman–Crippen MR) is 108 cm³/mol. The number of nitrogens with two attached hydrogens (primary N) is 1. The Kier molecular flexibility index (Phi) is 4.30. The van der Waals surface area contributed by atoms with Gasteiger partial charge in [-0.2, -0.15) is 0 Å². The summed E-state index contributed by atoms with van der Waals surface area (Å²) in [7, 11) is 0. The van der Waals surface area contributed by atoms with E-state index in [0.717, 1.165) is 16.5 Å². The van der Waals surface area contributed by atoms with Crippen LogP contribution >= 0.6 is 0 Å². The van der Waals surface area contributed by atoms with Gasteiger partial charge in [0.2, 0.25) is 0 Å². The molecule has 0 spiro atoms. The summed E-state index contributed by atoms with van der Waals surface area (Å²) in [5, 5.41) is 4.34. The molecule has 0 aliphatic heterocycles. The minimum Gasteiger partial charge on any atom is -0.383 e. The van der Waals surface area contributed by atoms with Crippen LogP contribution < -0.4 is 16.6 Å². The van der Waals surface area contributed by atoms with Crippen molar-refractivity contribution >= 4 is 28.2 Å². The zero-order valence-corrected chi connectivity index (χ0v) is 14.9. The minimum atomic E-state index is -0.151. The quantitative estimate of drug-likeness (QED) is 0.584. The number of hydrogen-bond acceptors (Lipinski definition) is 5. The Morgan fingerprint density at radius 3 is 2.70 bits per heavy atom. The maximum atomic E-state index is 12.9. The number of anilines is 3. The van der Waals surface area contributed by atoms with Crippen LogP contribution in [0.1, 0.15) is 11.1 Å². The fourth-order valence-corrected chi connectivity index (χ4v) is 3.04. The van der Waals surface area contributed by atoms with E-state index >= 15 is 0 Å². The van der Waals surface area contributed by atoms with E-state index < -0.39 is 0 Å². The number of rotatable bonds is 4. The Labute approximate surface area is 156 Å². The Bertz CT molecular complexity index is 1170. The van der Waals surface area contributed by atoms with E-state index in [2.05, 4.69) is 15.3 Å². The first kappa shape index (κ1) is 16.8. The summed E-state index contributed by atoms with van der Waals surface area (Å²) in [4.78, 5) is 21.6. The van der Waals surface area contributed by atoms with Crippen molar-refractivity contribution in [2.75, 3.05) is 11.1 Å². The van der Waals surface area contributed by atoms with Crippen molar-refractivity contribution in [1.82, 2.24) is 14.5 Å². The van der Waals surface area contributed by atoms with Crippen molar-refractivity contribution in [2.45, 2.75) is 13.5 Å². The molecule has 0 saturated carbocycles. The summed E-state index contributed by atoms with van der Waals surface area (Å²) < 4.78 is 1.64. The molecule has 4 aromatic rings. The highest BCUT2D eigenvalue weighted by Gasteiger charge is 2.11. The molecule has 0 fully saturated rings. The number of nitrogen functional groups attached to an aromatic ring is 1. The smallest absolute Gasteiger partial charge is 0.262 e. The molecule has 0 bridgehead atoms. The highest BCUT2D eigenvalue weighted by Crippen LogP contribution is 2.23. The fourth-order valence-electron chi connectivity index (χ4n) is 3.04. The molecule has 3 N–H and O–H groups in total. The molecule has 0 atom stereocenters. The first-order valence-corrected chi connectivity index (χ1v) is 8.64. The Morgan fingerprint density at radius 1 is 1.11 bits per heavy atom. The predicted octanol–water partition coefficient (Wildman–Crippen LogP) is 3.47. The number of benzene rings is 1. The molecule has 6 nitrogen and oxygen atoms in total. The van der Waals surface area contributed by atoms with Gasteiger partial charge in [0.1, 0.15) is 17.5 Å². The summed E-state index contributed by atoms with van der Waals surface area (Å²) in [6.45, 7) is 2.45. The standard InChI is InChI=1S/C21H19N5O/c1-14-6-5-10-23-20(14)25-17-12-16-9-11-26(13-15-7-3-2-4-8-15)21(27)18(16)19(22)24-17/h2-12H,13H2,1H3,(H3,22,23,24,25). The Morgan fingerprint density at radius 2 is 1.93 bits per heavy atom. The third-order valence-corrected chi connectivity index (χ3v) is 4.44. The molecule has 6 heteroatoms. The SMILES string of the molecule is Cc1cccnc1Nc1cc2ccn(Cc3ccccc3)c(=O)c2c(N)n1. The Balaban J connectivity index is 1.73. The molecule has 0 unspecified atom stereocenters. The lowest BCUT2D eigenvalue weighted by Gasteiger charge is -2.11. The molecule has 3 heterocycles. The van der Waals surface area contributed by atoms with Crippen molar-refractivity contribution < 1.29 is 0 Å². The van der Waals surface area contributed by atoms with E-state index in [1.54, 1.807) is 17.0 Å². The van der Waals surface area contributed by atoms with Crippen LogP contribution in [0.4, 0.5) is 17.5 Å². The van der Waals surface area contributed by atoms with E-state index in [9.17, 15) is 4.79 Å². The van der Waals surface area contributed by atoms with Gasteiger partial charge in [0.15, 0.2) is 0 Å². The molecule has 0 saturated heterocycles. The van der Waals surface area contributed by atoms with Crippen LogP contribution in [0.15, 0.2) is 71.8 Å². The van der Waals surface area contributed by atoms with Gasteiger partial charge >= 0.3 is 0 Å². The molecule has 4 rings (SSSR count). The largest absolute Gasteiger partial charge is 0.383 e. The lowest BCUT2D eigenvalue weighted by atomic mass is 10.2. The van der Waals surface area contributed by atoms with Gasteiger partial charge < -0.3 is 15.6 Å². The number of nitrogens with zero attached hydrogens (tertiary/aromatic N) is 3. The molecule has 0 radical (unpaired) electrons. The fraction of sp³-hybridized carbons (Fsp3) is 0.0952. The first-order valence-electron chi connectivity index (χ1n) is 8.64. The lowest BCUT2D eigenvalue weighted by Crippen LogP contribution is -2.21. The highest BCUT2D eigenvalue weighted by atomic mass is 16.1. The average Bonchev–Trinajstić information content (AvgIpc) is 2.66. The van der Waals surface area contributed by atoms with E-state index in [0.29, 0.717) is 23.6 Å². The molecule has 134 valence electrons. The van der Waals surface area contributed by atoms with Gasteiger partial charge in [0.05, 0.1) is 11.9 Å². The van der Waals surface area contributed by atoms with Gasteiger partial charge in [-0.1, -0.05) is 36.4 Å². The number of aryl methyl sites for hydroxylation is 1. The molecule has 1 aromatic carbocycles. The highest BCUT2D eigenvalue weighted by molar-refractivity contribution is 5.92. The number of pyridine rings is 3. The number of aromatic nitrogens is 3. The third kappa shape index (κ3) is 3.37. The van der Waals surface area contributed by atoms with E-state index in [1.165, 1.54) is 0 Å². The summed E-state index contributed by atoms with van der Waals surface area (Å²) in [5.41, 5.74) is 8.02. The third-order valence-electron chi connectivity index (χ3n) is 4.44. The van der Waals surface area contributed by atoms with Crippen molar-refractivity contribution in [3.8, 4) is 0 Å². The summed E-state index contributed by atoms with van der Waals surface area (Å²) in [5.74, 6) is 1.47. The monoisotopic (exact) mass is 357 g/mol. The van der Waals surface area contributed by atoms with Crippen molar-refractivity contribution in [3.63, 3.8) is 0 Å². The molecule has 0 aliphatic rings. The van der Waals surface area contributed by atoms with Gasteiger partial charge in [-0.3, -0.25) is 4.79 Å². The average molecular weight is 357 g/mol. The van der Waals surface area contributed by atoms with E-state index in [4.69, 9.17) is 5.73 Å². The molecule has 27 heavy (non-hydrogen) atoms. The van der Waals surface area contributed by atoms with Crippen LogP contribution in [0, 0.1) is 6.92 Å². The molecular weight excluding hydrogens is 338 g/mol. The zero-order chi connectivity index (χ0) is 18.8. The zero-order valence-electron chi connectivity index (χ0n) is 14.9. The maximum Gasteiger partial charge on any atom is 0.262 e. The van der Waals surface area contributed by atoms with Gasteiger partial charge in [0.25, 0.3) is 5.56 Å². The second-order valence-corrected chi connectivity index (χ2v) is 6.39. The Hall–Kier alpha value is -3.67. The van der Waals surface area contributed by atoms with Gasteiger partial charge in [-0.15, -0.1) is 0 Å². The number of nitrogens with one attached hydrogen (secondary N) is 1. The summed E-state index contributed by atoms with van der Waals surface area (Å²) in [6, 6.07) is 17.4. The van der Waals surface area contributed by atoms with Crippen molar-refractivity contribution in [2.24, 2.45) is 0 Å². The molecule has 0 aliphatic carbocycles. The van der Waals surface area contributed by atoms with Crippen LogP contribution in [-0.2, 0) is 6.54 Å².